The second-order valence-electron chi connectivity index (χ2n) is 6.40. The number of nitrogens with zero attached hydrogens (tertiary/aromatic N) is 4. The van der Waals surface area contributed by atoms with E-state index in [9.17, 15) is 4.79 Å². The van der Waals surface area contributed by atoms with Crippen molar-refractivity contribution < 1.29 is 4.79 Å². The SMILES string of the molecule is CCC(CC)(CN)C(=O)Nc1cccc(-c2nnnn2C2CC2)c1. The molecule has 0 unspecified atom stereocenters. The van der Waals surface area contributed by atoms with Gasteiger partial charge in [-0.15, -0.1) is 5.10 Å². The number of benzene rings is 1. The Bertz CT molecular complexity index is 709. The van der Waals surface area contributed by atoms with Crippen LogP contribution in [0.1, 0.15) is 45.6 Å². The summed E-state index contributed by atoms with van der Waals surface area (Å²) in [6.45, 7) is 4.33. The number of hydrogen-bond donors (Lipinski definition) is 2. The average Bonchev–Trinajstić information content (AvgIpc) is 3.34. The highest BCUT2D eigenvalue weighted by atomic mass is 16.2. The Morgan fingerprint density at radius 2 is 2.12 bits per heavy atom. The first-order valence-corrected chi connectivity index (χ1v) is 8.53. The van der Waals surface area contributed by atoms with Crippen LogP contribution in [0.3, 0.4) is 0 Å². The highest BCUT2D eigenvalue weighted by molar-refractivity contribution is 5.95. The molecule has 24 heavy (non-hydrogen) atoms. The van der Waals surface area contributed by atoms with Gasteiger partial charge in [0.15, 0.2) is 5.82 Å². The van der Waals surface area contributed by atoms with E-state index in [0.717, 1.165) is 29.9 Å². The maximum absolute atomic E-state index is 12.7. The Labute approximate surface area is 141 Å². The van der Waals surface area contributed by atoms with Crippen molar-refractivity contribution in [2.45, 2.75) is 45.6 Å². The monoisotopic (exact) mass is 328 g/mol. The summed E-state index contributed by atoms with van der Waals surface area (Å²) in [6, 6.07) is 8.04. The van der Waals surface area contributed by atoms with Crippen LogP contribution in [-0.4, -0.2) is 32.7 Å². The molecule has 1 aromatic heterocycles. The smallest absolute Gasteiger partial charge is 0.231 e. The van der Waals surface area contributed by atoms with Crippen molar-refractivity contribution >= 4 is 11.6 Å². The van der Waals surface area contributed by atoms with Gasteiger partial charge in [0.2, 0.25) is 5.91 Å². The van der Waals surface area contributed by atoms with E-state index in [1.54, 1.807) is 0 Å². The summed E-state index contributed by atoms with van der Waals surface area (Å²) in [4.78, 5) is 12.7. The summed E-state index contributed by atoms with van der Waals surface area (Å²) in [5, 5.41) is 15.0. The highest BCUT2D eigenvalue weighted by Gasteiger charge is 2.33. The Morgan fingerprint density at radius 1 is 1.38 bits per heavy atom. The lowest BCUT2D eigenvalue weighted by Crippen LogP contribution is -2.41. The number of tetrazole rings is 1. The standard InChI is InChI=1S/C17H24N6O/c1-3-17(4-2,11-18)16(24)19-13-7-5-6-12(10-13)15-20-21-22-23(15)14-8-9-14/h5-7,10,14H,3-4,8-9,11,18H2,1-2H3,(H,19,24). The summed E-state index contributed by atoms with van der Waals surface area (Å²) >= 11 is 0. The van der Waals surface area contributed by atoms with E-state index in [0.29, 0.717) is 25.4 Å². The number of nitrogens with two attached hydrogens (primary N) is 1. The lowest BCUT2D eigenvalue weighted by atomic mass is 9.81. The molecular weight excluding hydrogens is 304 g/mol. The van der Waals surface area contributed by atoms with Gasteiger partial charge in [0.1, 0.15) is 0 Å². The molecule has 1 heterocycles. The molecule has 0 saturated heterocycles. The molecule has 7 nitrogen and oxygen atoms in total. The maximum atomic E-state index is 12.7. The zero-order chi connectivity index (χ0) is 17.2. The van der Waals surface area contributed by atoms with E-state index in [-0.39, 0.29) is 5.91 Å². The van der Waals surface area contributed by atoms with Gasteiger partial charge in [0.25, 0.3) is 0 Å². The van der Waals surface area contributed by atoms with Gasteiger partial charge in [-0.3, -0.25) is 4.79 Å². The van der Waals surface area contributed by atoms with Gasteiger partial charge in [-0.1, -0.05) is 26.0 Å². The molecule has 0 atom stereocenters. The third-order valence-corrected chi connectivity index (χ3v) is 4.99. The molecule has 3 N–H and O–H groups in total. The Balaban J connectivity index is 1.83. The largest absolute Gasteiger partial charge is 0.329 e. The van der Waals surface area contributed by atoms with E-state index in [1.807, 2.05) is 42.8 Å². The average molecular weight is 328 g/mol. The zero-order valence-corrected chi connectivity index (χ0v) is 14.2. The normalized spacial score (nSPS) is 14.6. The molecule has 0 radical (unpaired) electrons. The van der Waals surface area contributed by atoms with Crippen molar-refractivity contribution in [1.82, 2.24) is 20.2 Å². The second-order valence-corrected chi connectivity index (χ2v) is 6.40. The van der Waals surface area contributed by atoms with E-state index in [1.165, 1.54) is 0 Å². The molecule has 1 saturated carbocycles. The third-order valence-electron chi connectivity index (χ3n) is 4.99. The molecule has 1 aromatic carbocycles. The van der Waals surface area contributed by atoms with Crippen LogP contribution in [0.5, 0.6) is 0 Å². The summed E-state index contributed by atoms with van der Waals surface area (Å²) in [5.74, 6) is 0.707. The van der Waals surface area contributed by atoms with Crippen LogP contribution in [0, 0.1) is 5.41 Å². The van der Waals surface area contributed by atoms with Crippen molar-refractivity contribution in [2.75, 3.05) is 11.9 Å². The quantitative estimate of drug-likeness (QED) is 0.813. The van der Waals surface area contributed by atoms with E-state index < -0.39 is 5.41 Å². The topological polar surface area (TPSA) is 98.7 Å². The number of carbonyl (C=O) groups excluding carboxylic acids is 1. The van der Waals surface area contributed by atoms with Gasteiger partial charge >= 0.3 is 0 Å². The first kappa shape index (κ1) is 16.6. The minimum Gasteiger partial charge on any atom is -0.329 e. The molecule has 0 spiro atoms. The number of hydrogen-bond acceptors (Lipinski definition) is 5. The third kappa shape index (κ3) is 3.03. The van der Waals surface area contributed by atoms with Crippen LogP contribution in [0.4, 0.5) is 5.69 Å². The number of amides is 1. The fourth-order valence-electron chi connectivity index (χ4n) is 2.90. The number of carbonyl (C=O) groups is 1. The first-order chi connectivity index (χ1) is 11.6. The van der Waals surface area contributed by atoms with Gasteiger partial charge in [0.05, 0.1) is 11.5 Å². The predicted octanol–water partition coefficient (Wildman–Crippen LogP) is 2.38. The molecule has 1 amide bonds. The second kappa shape index (κ2) is 6.68. The van der Waals surface area contributed by atoms with Crippen LogP contribution in [-0.2, 0) is 4.79 Å². The lowest BCUT2D eigenvalue weighted by molar-refractivity contribution is -0.125. The minimum atomic E-state index is -0.522. The molecule has 3 rings (SSSR count). The molecule has 1 aliphatic rings. The van der Waals surface area contributed by atoms with Gasteiger partial charge in [-0.2, -0.15) is 0 Å². The lowest BCUT2D eigenvalue weighted by Gasteiger charge is -2.28. The molecule has 2 aromatic rings. The minimum absolute atomic E-state index is 0.0334. The summed E-state index contributed by atoms with van der Waals surface area (Å²) in [6.07, 6.45) is 3.65. The van der Waals surface area contributed by atoms with E-state index in [4.69, 9.17) is 5.73 Å². The van der Waals surface area contributed by atoms with E-state index in [2.05, 4.69) is 20.8 Å². The summed E-state index contributed by atoms with van der Waals surface area (Å²) < 4.78 is 1.86. The van der Waals surface area contributed by atoms with Crippen LogP contribution in [0.25, 0.3) is 11.4 Å². The highest BCUT2D eigenvalue weighted by Crippen LogP contribution is 2.37. The van der Waals surface area contributed by atoms with Gasteiger partial charge < -0.3 is 11.1 Å². The molecule has 0 bridgehead atoms. The molecule has 0 aliphatic heterocycles. The molecule has 128 valence electrons. The molecule has 1 fully saturated rings. The number of nitrogens with one attached hydrogen (secondary N) is 1. The molecular formula is C17H24N6O. The first-order valence-electron chi connectivity index (χ1n) is 8.53. The van der Waals surface area contributed by atoms with Crippen LogP contribution in [0.15, 0.2) is 24.3 Å². The summed E-state index contributed by atoms with van der Waals surface area (Å²) in [7, 11) is 0. The number of rotatable bonds is 7. The Kier molecular flexibility index (Phi) is 4.62. The zero-order valence-electron chi connectivity index (χ0n) is 14.2. The Hall–Kier alpha value is -2.28. The van der Waals surface area contributed by atoms with Crippen molar-refractivity contribution in [3.63, 3.8) is 0 Å². The molecule has 1 aliphatic carbocycles. The fraction of sp³-hybridized carbons (Fsp3) is 0.529. The van der Waals surface area contributed by atoms with Crippen molar-refractivity contribution in [3.8, 4) is 11.4 Å². The van der Waals surface area contributed by atoms with Crippen molar-refractivity contribution in [2.24, 2.45) is 11.1 Å². The van der Waals surface area contributed by atoms with Crippen molar-refractivity contribution in [1.29, 1.82) is 0 Å². The van der Waals surface area contributed by atoms with Gasteiger partial charge in [-0.25, -0.2) is 4.68 Å². The molecule has 7 heteroatoms. The number of anilines is 1. The predicted molar refractivity (Wildman–Crippen MR) is 92.2 cm³/mol. The van der Waals surface area contributed by atoms with E-state index >= 15 is 0 Å². The van der Waals surface area contributed by atoms with Crippen molar-refractivity contribution in [3.05, 3.63) is 24.3 Å². The summed E-state index contributed by atoms with van der Waals surface area (Å²) in [5.41, 5.74) is 6.98. The fourth-order valence-corrected chi connectivity index (χ4v) is 2.90. The Morgan fingerprint density at radius 3 is 2.75 bits per heavy atom. The maximum Gasteiger partial charge on any atom is 0.231 e. The van der Waals surface area contributed by atoms with Crippen LogP contribution >= 0.6 is 0 Å². The van der Waals surface area contributed by atoms with Gasteiger partial charge in [0, 0.05) is 17.8 Å². The number of aromatic nitrogens is 4. The van der Waals surface area contributed by atoms with Crippen LogP contribution < -0.4 is 11.1 Å². The van der Waals surface area contributed by atoms with Gasteiger partial charge in [-0.05, 0) is 48.2 Å². The van der Waals surface area contributed by atoms with Crippen LogP contribution in [0.2, 0.25) is 0 Å².